The van der Waals surface area contributed by atoms with E-state index in [1.807, 2.05) is 0 Å². The second kappa shape index (κ2) is 9.11. The van der Waals surface area contributed by atoms with Gasteiger partial charge in [-0.25, -0.2) is 0 Å². The lowest BCUT2D eigenvalue weighted by Crippen LogP contribution is -2.35. The van der Waals surface area contributed by atoms with E-state index in [1.54, 1.807) is 0 Å². The molecular weight excluding hydrogens is 342 g/mol. The van der Waals surface area contributed by atoms with Gasteiger partial charge in [0.2, 0.25) is 0 Å². The maximum atomic E-state index is 13.1. The first-order chi connectivity index (χ1) is 13.5. The summed E-state index contributed by atoms with van der Waals surface area (Å²) in [7, 11) is 0. The van der Waals surface area contributed by atoms with Gasteiger partial charge in [-0.3, -0.25) is 4.79 Å². The molecule has 4 atom stereocenters. The number of hydrogen-bond acceptors (Lipinski definition) is 2. The van der Waals surface area contributed by atoms with E-state index in [-0.39, 0.29) is 11.8 Å². The summed E-state index contributed by atoms with van der Waals surface area (Å²) < 4.78 is 0. The van der Waals surface area contributed by atoms with Crippen LogP contribution in [0.1, 0.15) is 65.4 Å². The van der Waals surface area contributed by atoms with Gasteiger partial charge in [-0.1, -0.05) is 77.4 Å². The predicted octanol–water partition coefficient (Wildman–Crippen LogP) is 6.09. The molecule has 3 rings (SSSR count). The van der Waals surface area contributed by atoms with Crippen molar-refractivity contribution in [3.63, 3.8) is 0 Å². The summed E-state index contributed by atoms with van der Waals surface area (Å²) in [6.07, 6.45) is 6.37. The van der Waals surface area contributed by atoms with Crippen LogP contribution in [0.3, 0.4) is 0 Å². The number of hydrogen-bond donors (Lipinski definition) is 1. The van der Waals surface area contributed by atoms with Crippen LogP contribution in [0.5, 0.6) is 0 Å². The number of allylic oxidation sites excluding steroid dienone is 2. The van der Waals surface area contributed by atoms with Gasteiger partial charge in [0.25, 0.3) is 0 Å². The van der Waals surface area contributed by atoms with Crippen LogP contribution in [0.2, 0.25) is 0 Å². The molecule has 1 aromatic carbocycles. The van der Waals surface area contributed by atoms with Crippen molar-refractivity contribution >= 4 is 5.78 Å². The molecule has 152 valence electrons. The van der Waals surface area contributed by atoms with Crippen molar-refractivity contribution in [2.24, 2.45) is 23.7 Å². The smallest absolute Gasteiger partial charge is 0.149 e. The average molecular weight is 380 g/mol. The number of benzene rings is 1. The van der Waals surface area contributed by atoms with Crippen molar-refractivity contribution < 1.29 is 4.79 Å². The van der Waals surface area contributed by atoms with E-state index in [2.05, 4.69) is 69.9 Å². The van der Waals surface area contributed by atoms with Crippen molar-refractivity contribution in [3.05, 3.63) is 59.3 Å². The van der Waals surface area contributed by atoms with Crippen LogP contribution in [-0.2, 0) is 11.2 Å². The molecule has 0 saturated heterocycles. The van der Waals surface area contributed by atoms with Gasteiger partial charge in [0.1, 0.15) is 5.78 Å². The minimum atomic E-state index is -0.00401. The molecule has 2 nitrogen and oxygen atoms in total. The summed E-state index contributed by atoms with van der Waals surface area (Å²) in [5, 5.41) is 3.87. The largest absolute Gasteiger partial charge is 0.384 e. The zero-order valence-corrected chi connectivity index (χ0v) is 18.1. The third-order valence-corrected chi connectivity index (χ3v) is 7.15. The number of ketones is 1. The molecule has 0 fully saturated rings. The van der Waals surface area contributed by atoms with Gasteiger partial charge in [0.15, 0.2) is 0 Å². The molecule has 0 saturated carbocycles. The number of Topliss-reactive ketones (excluding diaryl/α,β-unsaturated/α-hetero) is 1. The lowest BCUT2D eigenvalue weighted by Gasteiger charge is -2.32. The Labute approximate surface area is 171 Å². The van der Waals surface area contributed by atoms with Gasteiger partial charge >= 0.3 is 0 Å². The highest BCUT2D eigenvalue weighted by molar-refractivity contribution is 5.92. The molecule has 2 aliphatic rings. The van der Waals surface area contributed by atoms with Crippen LogP contribution in [-0.4, -0.2) is 11.8 Å². The number of rotatable bonds is 8. The standard InChI is InChI=1S/C26H37NO/c1-6-18(7-2)16-23-22(15-19-13-11-10-12-14-19)24-17(5)20(8-3)26(28)21(9-4)25(24)27-23/h10-14,18,20-23,27H,5-9,15-16H2,1-4H3. The van der Waals surface area contributed by atoms with Gasteiger partial charge in [-0.2, -0.15) is 0 Å². The lowest BCUT2D eigenvalue weighted by molar-refractivity contribution is -0.125. The van der Waals surface area contributed by atoms with Crippen molar-refractivity contribution in [2.45, 2.75) is 72.3 Å². The fourth-order valence-corrected chi connectivity index (χ4v) is 5.39. The molecule has 2 heteroatoms. The summed E-state index contributed by atoms with van der Waals surface area (Å²) in [5.74, 6) is 1.54. The first kappa shape index (κ1) is 20.9. The minimum absolute atomic E-state index is 0.00401. The second-order valence-corrected chi connectivity index (χ2v) is 8.64. The Morgan fingerprint density at radius 2 is 1.64 bits per heavy atom. The molecule has 28 heavy (non-hydrogen) atoms. The first-order valence-electron chi connectivity index (χ1n) is 11.3. The summed E-state index contributed by atoms with van der Waals surface area (Å²) >= 11 is 0. The fourth-order valence-electron chi connectivity index (χ4n) is 5.39. The maximum absolute atomic E-state index is 13.1. The zero-order chi connectivity index (χ0) is 20.3. The van der Waals surface area contributed by atoms with E-state index in [1.165, 1.54) is 36.1 Å². The van der Waals surface area contributed by atoms with Gasteiger partial charge < -0.3 is 5.32 Å². The Morgan fingerprint density at radius 1 is 1.00 bits per heavy atom. The van der Waals surface area contributed by atoms with E-state index >= 15 is 0 Å². The Bertz CT molecular complexity index is 728. The van der Waals surface area contributed by atoms with Gasteiger partial charge in [0, 0.05) is 23.6 Å². The number of nitrogens with one attached hydrogen (secondary N) is 1. The second-order valence-electron chi connectivity index (χ2n) is 8.64. The Kier molecular flexibility index (Phi) is 6.80. The molecule has 4 unspecified atom stereocenters. The molecule has 1 N–H and O–H groups in total. The molecule has 1 aliphatic heterocycles. The molecule has 0 spiro atoms. The van der Waals surface area contributed by atoms with Crippen LogP contribution in [0.4, 0.5) is 0 Å². The quantitative estimate of drug-likeness (QED) is 0.592. The highest BCUT2D eigenvalue weighted by Gasteiger charge is 2.46. The highest BCUT2D eigenvalue weighted by atomic mass is 16.1. The molecule has 1 heterocycles. The third kappa shape index (κ3) is 3.83. The molecule has 0 amide bonds. The van der Waals surface area contributed by atoms with E-state index in [9.17, 15) is 4.79 Å². The zero-order valence-electron chi connectivity index (χ0n) is 18.1. The molecule has 0 bridgehead atoms. The van der Waals surface area contributed by atoms with Crippen molar-refractivity contribution in [1.29, 1.82) is 0 Å². The maximum Gasteiger partial charge on any atom is 0.149 e. The molecule has 1 aliphatic carbocycles. The fraction of sp³-hybridized carbons (Fsp3) is 0.577. The highest BCUT2D eigenvalue weighted by Crippen LogP contribution is 2.47. The Morgan fingerprint density at radius 3 is 2.21 bits per heavy atom. The third-order valence-electron chi connectivity index (χ3n) is 7.15. The number of carbonyl (C=O) groups excluding carboxylic acids is 1. The summed E-state index contributed by atoms with van der Waals surface area (Å²) in [5.41, 5.74) is 5.06. The topological polar surface area (TPSA) is 29.1 Å². The Hall–Kier alpha value is -1.83. The molecule has 0 aromatic heterocycles. The Balaban J connectivity index is 1.99. The van der Waals surface area contributed by atoms with E-state index < -0.39 is 0 Å². The summed E-state index contributed by atoms with van der Waals surface area (Å²) in [6.45, 7) is 13.3. The SMILES string of the molecule is C=C1C2=C(NC(CC(CC)CC)C2Cc2ccccc2)C(CC)C(=O)C1CC. The summed E-state index contributed by atoms with van der Waals surface area (Å²) in [4.78, 5) is 13.1. The monoisotopic (exact) mass is 379 g/mol. The van der Waals surface area contributed by atoms with E-state index in [0.717, 1.165) is 30.8 Å². The van der Waals surface area contributed by atoms with Gasteiger partial charge in [-0.15, -0.1) is 0 Å². The number of carbonyl (C=O) groups is 1. The van der Waals surface area contributed by atoms with Gasteiger partial charge in [0.05, 0.1) is 5.92 Å². The molecular formula is C26H37NO. The molecule has 0 radical (unpaired) electrons. The average Bonchev–Trinajstić information content (AvgIpc) is 3.05. The van der Waals surface area contributed by atoms with Crippen molar-refractivity contribution in [1.82, 2.24) is 5.32 Å². The van der Waals surface area contributed by atoms with E-state index in [0.29, 0.717) is 17.7 Å². The van der Waals surface area contributed by atoms with Crippen LogP contribution >= 0.6 is 0 Å². The van der Waals surface area contributed by atoms with Gasteiger partial charge in [-0.05, 0) is 48.3 Å². The normalized spacial score (nSPS) is 27.3. The molecule has 1 aromatic rings. The van der Waals surface area contributed by atoms with Crippen LogP contribution < -0.4 is 5.32 Å². The van der Waals surface area contributed by atoms with Crippen molar-refractivity contribution in [3.8, 4) is 0 Å². The van der Waals surface area contributed by atoms with E-state index in [4.69, 9.17) is 0 Å². The first-order valence-corrected chi connectivity index (χ1v) is 11.3. The van der Waals surface area contributed by atoms with Crippen LogP contribution in [0.25, 0.3) is 0 Å². The van der Waals surface area contributed by atoms with Crippen LogP contribution in [0, 0.1) is 23.7 Å². The van der Waals surface area contributed by atoms with Crippen LogP contribution in [0.15, 0.2) is 53.8 Å². The predicted molar refractivity (Wildman–Crippen MR) is 118 cm³/mol. The minimum Gasteiger partial charge on any atom is -0.384 e. The van der Waals surface area contributed by atoms with Crippen molar-refractivity contribution in [2.75, 3.05) is 0 Å². The summed E-state index contributed by atoms with van der Waals surface area (Å²) in [6, 6.07) is 11.2. The lowest BCUT2D eigenvalue weighted by atomic mass is 9.70.